The van der Waals surface area contributed by atoms with Gasteiger partial charge in [0.25, 0.3) is 0 Å². The monoisotopic (exact) mass is 295 g/mol. The van der Waals surface area contributed by atoms with Crippen LogP contribution in [-0.4, -0.2) is 48.9 Å². The van der Waals surface area contributed by atoms with Gasteiger partial charge in [-0.25, -0.2) is 4.79 Å². The van der Waals surface area contributed by atoms with Crippen LogP contribution >= 0.6 is 12.4 Å². The number of carbonyl (C=O) groups excluding carboxylic acids is 2. The van der Waals surface area contributed by atoms with E-state index in [1.165, 1.54) is 0 Å². The van der Waals surface area contributed by atoms with E-state index in [4.69, 9.17) is 0 Å². The summed E-state index contributed by atoms with van der Waals surface area (Å²) in [6.07, 6.45) is 0. The lowest BCUT2D eigenvalue weighted by Crippen LogP contribution is -2.49. The molecule has 5 nitrogen and oxygen atoms in total. The van der Waals surface area contributed by atoms with Crippen LogP contribution in [0.15, 0.2) is 24.3 Å². The number of hydrogen-bond donors (Lipinski definition) is 1. The average molecular weight is 296 g/mol. The van der Waals surface area contributed by atoms with Crippen molar-refractivity contribution in [3.05, 3.63) is 29.8 Å². The summed E-state index contributed by atoms with van der Waals surface area (Å²) in [7, 11) is 0. The highest BCUT2D eigenvalue weighted by molar-refractivity contribution is 5.97. The van der Waals surface area contributed by atoms with E-state index in [0.717, 1.165) is 25.3 Å². The molecule has 0 saturated carbocycles. The van der Waals surface area contributed by atoms with E-state index in [-0.39, 0.29) is 30.3 Å². The van der Waals surface area contributed by atoms with Crippen LogP contribution in [0.1, 0.15) is 17.3 Å². The fraction of sp³-hybridized carbons (Fsp3) is 0.429. The van der Waals surface area contributed by atoms with Crippen LogP contribution in [-0.2, 0) is 0 Å². The smallest absolute Gasteiger partial charge is 0.317 e. The first kappa shape index (κ1) is 14.8. The number of amides is 2. The first-order valence-corrected chi connectivity index (χ1v) is 6.56. The van der Waals surface area contributed by atoms with Gasteiger partial charge in [-0.2, -0.15) is 0 Å². The number of nitrogens with one attached hydrogen (secondary N) is 1. The highest BCUT2D eigenvalue weighted by Gasteiger charge is 2.38. The minimum atomic E-state index is 0. The van der Waals surface area contributed by atoms with Crippen molar-refractivity contribution >= 4 is 29.9 Å². The second kappa shape index (κ2) is 5.81. The van der Waals surface area contributed by atoms with Crippen LogP contribution in [0.3, 0.4) is 0 Å². The average Bonchev–Trinajstić information content (AvgIpc) is 2.77. The van der Waals surface area contributed by atoms with E-state index >= 15 is 0 Å². The Balaban J connectivity index is 0.00000147. The summed E-state index contributed by atoms with van der Waals surface area (Å²) in [5.74, 6) is 0.0425. The van der Waals surface area contributed by atoms with Crippen LogP contribution in [0.2, 0.25) is 0 Å². The van der Waals surface area contributed by atoms with Gasteiger partial charge < -0.3 is 10.2 Å². The van der Waals surface area contributed by atoms with E-state index in [9.17, 15) is 9.59 Å². The number of hydrogen-bond acceptors (Lipinski definition) is 3. The summed E-state index contributed by atoms with van der Waals surface area (Å²) in [6.45, 7) is 4.74. The third-order valence-corrected chi connectivity index (χ3v) is 3.81. The Morgan fingerprint density at radius 2 is 2.00 bits per heavy atom. The summed E-state index contributed by atoms with van der Waals surface area (Å²) in [6, 6.07) is 7.58. The van der Waals surface area contributed by atoms with Crippen LogP contribution in [0.4, 0.5) is 10.5 Å². The molecule has 1 unspecified atom stereocenters. The molecule has 0 bridgehead atoms. The lowest BCUT2D eigenvalue weighted by molar-refractivity contribution is 0.101. The highest BCUT2D eigenvalue weighted by atomic mass is 35.5. The first-order valence-electron chi connectivity index (χ1n) is 6.56. The Hall–Kier alpha value is -1.59. The molecule has 108 valence electrons. The van der Waals surface area contributed by atoms with Gasteiger partial charge in [0.1, 0.15) is 0 Å². The number of piperazine rings is 1. The predicted molar refractivity (Wildman–Crippen MR) is 79.8 cm³/mol. The van der Waals surface area contributed by atoms with Crippen LogP contribution in [0.25, 0.3) is 0 Å². The summed E-state index contributed by atoms with van der Waals surface area (Å²) in [5, 5.41) is 3.31. The van der Waals surface area contributed by atoms with Gasteiger partial charge in [-0.15, -0.1) is 12.4 Å². The molecule has 1 aromatic carbocycles. The lowest BCUT2D eigenvalue weighted by atomic mass is 10.1. The van der Waals surface area contributed by atoms with E-state index in [1.807, 2.05) is 17.0 Å². The molecule has 2 aliphatic rings. The molecule has 3 rings (SSSR count). The first-order chi connectivity index (χ1) is 9.16. The van der Waals surface area contributed by atoms with Crippen molar-refractivity contribution in [2.75, 3.05) is 31.1 Å². The molecule has 2 saturated heterocycles. The molecule has 1 N–H and O–H groups in total. The van der Waals surface area contributed by atoms with E-state index in [2.05, 4.69) is 5.32 Å². The molecule has 0 radical (unpaired) electrons. The number of Topliss-reactive ketones (excluding diaryl/α,β-unsaturated/α-hetero) is 1. The number of anilines is 1. The quantitative estimate of drug-likeness (QED) is 0.842. The van der Waals surface area contributed by atoms with Crippen LogP contribution in [0, 0.1) is 0 Å². The predicted octanol–water partition coefficient (Wildman–Crippen LogP) is 1.52. The zero-order chi connectivity index (χ0) is 13.4. The molecule has 2 amide bonds. The highest BCUT2D eigenvalue weighted by Crippen LogP contribution is 2.25. The van der Waals surface area contributed by atoms with Gasteiger partial charge in [0, 0.05) is 37.4 Å². The van der Waals surface area contributed by atoms with Gasteiger partial charge in [0.2, 0.25) is 0 Å². The topological polar surface area (TPSA) is 52.7 Å². The van der Waals surface area contributed by atoms with Gasteiger partial charge >= 0.3 is 6.03 Å². The molecule has 2 fully saturated rings. The van der Waals surface area contributed by atoms with E-state index < -0.39 is 0 Å². The molecule has 0 aliphatic carbocycles. The van der Waals surface area contributed by atoms with Gasteiger partial charge in [-0.3, -0.25) is 9.69 Å². The lowest BCUT2D eigenvalue weighted by Gasteiger charge is -2.28. The Labute approximate surface area is 124 Å². The molecular formula is C14H18ClN3O2. The minimum Gasteiger partial charge on any atom is -0.317 e. The van der Waals surface area contributed by atoms with Gasteiger partial charge in [-0.05, 0) is 31.2 Å². The van der Waals surface area contributed by atoms with Crippen LogP contribution in [0.5, 0.6) is 0 Å². The van der Waals surface area contributed by atoms with Crippen molar-refractivity contribution in [1.29, 1.82) is 0 Å². The summed E-state index contributed by atoms with van der Waals surface area (Å²) in [4.78, 5) is 27.3. The molecule has 0 aromatic heterocycles. The molecule has 6 heteroatoms. The fourth-order valence-corrected chi connectivity index (χ4v) is 2.71. The molecule has 1 aromatic rings. The van der Waals surface area contributed by atoms with E-state index in [0.29, 0.717) is 12.1 Å². The minimum absolute atomic E-state index is 0. The van der Waals surface area contributed by atoms with Crippen molar-refractivity contribution in [1.82, 2.24) is 10.2 Å². The maximum Gasteiger partial charge on any atom is 0.324 e. The normalized spacial score (nSPS) is 21.4. The summed E-state index contributed by atoms with van der Waals surface area (Å²) < 4.78 is 0. The van der Waals surface area contributed by atoms with Crippen molar-refractivity contribution in [3.8, 4) is 0 Å². The third kappa shape index (κ3) is 2.51. The van der Waals surface area contributed by atoms with Crippen molar-refractivity contribution < 1.29 is 9.59 Å². The summed E-state index contributed by atoms with van der Waals surface area (Å²) >= 11 is 0. The van der Waals surface area contributed by atoms with Gasteiger partial charge in [0.05, 0.1) is 6.04 Å². The van der Waals surface area contributed by atoms with E-state index in [1.54, 1.807) is 24.0 Å². The standard InChI is InChI=1S/C14H17N3O2.ClH/c1-10(18)11-2-4-12(5-3-11)17-9-13-8-15-6-7-16(13)14(17)19;/h2-5,13,15H,6-9H2,1H3;1H. The van der Waals surface area contributed by atoms with Crippen LogP contribution < -0.4 is 10.2 Å². The zero-order valence-corrected chi connectivity index (χ0v) is 12.2. The molecule has 20 heavy (non-hydrogen) atoms. The van der Waals surface area contributed by atoms with Crippen molar-refractivity contribution in [2.45, 2.75) is 13.0 Å². The number of fused-ring (bicyclic) bond motifs is 1. The van der Waals surface area contributed by atoms with Gasteiger partial charge in [-0.1, -0.05) is 0 Å². The number of ketones is 1. The number of rotatable bonds is 2. The fourth-order valence-electron chi connectivity index (χ4n) is 2.71. The Morgan fingerprint density at radius 1 is 1.30 bits per heavy atom. The number of carbonyl (C=O) groups is 2. The molecule has 0 spiro atoms. The molecule has 1 atom stereocenters. The second-order valence-corrected chi connectivity index (χ2v) is 5.05. The molecular weight excluding hydrogens is 278 g/mol. The third-order valence-electron chi connectivity index (χ3n) is 3.81. The Kier molecular flexibility index (Phi) is 4.30. The number of halogens is 1. The van der Waals surface area contributed by atoms with Crippen molar-refractivity contribution in [2.24, 2.45) is 0 Å². The number of urea groups is 1. The largest absolute Gasteiger partial charge is 0.324 e. The summed E-state index contributed by atoms with van der Waals surface area (Å²) in [5.41, 5.74) is 1.54. The molecule has 2 heterocycles. The maximum atomic E-state index is 12.3. The van der Waals surface area contributed by atoms with Gasteiger partial charge in [0.15, 0.2) is 5.78 Å². The maximum absolute atomic E-state index is 12.3. The molecule has 2 aliphatic heterocycles. The number of nitrogens with zero attached hydrogens (tertiary/aromatic N) is 2. The van der Waals surface area contributed by atoms with Crippen molar-refractivity contribution in [3.63, 3.8) is 0 Å². The Bertz CT molecular complexity index is 518. The Morgan fingerprint density at radius 3 is 2.60 bits per heavy atom. The second-order valence-electron chi connectivity index (χ2n) is 5.05. The SMILES string of the molecule is CC(=O)c1ccc(N2CC3CNCCN3C2=O)cc1.Cl. The number of benzene rings is 1. The zero-order valence-electron chi connectivity index (χ0n) is 11.3.